The maximum absolute atomic E-state index is 2.44. The van der Waals surface area contributed by atoms with Gasteiger partial charge >= 0.3 is 0 Å². The number of hydrogen-bond acceptors (Lipinski definition) is 0. The summed E-state index contributed by atoms with van der Waals surface area (Å²) in [6, 6.07) is 0. The van der Waals surface area contributed by atoms with Crippen LogP contribution in [-0.4, -0.2) is 0 Å². The van der Waals surface area contributed by atoms with Crippen molar-refractivity contribution in [2.24, 2.45) is 11.3 Å². The normalized spacial score (nSPS) is 33.0. The fraction of sp³-hybridized carbons (Fsp3) is 0.846. The molecule has 74 valence electrons. The molecule has 0 aliphatic heterocycles. The van der Waals surface area contributed by atoms with Gasteiger partial charge in [-0.15, -0.1) is 0 Å². The molecule has 0 aromatic rings. The van der Waals surface area contributed by atoms with E-state index in [4.69, 9.17) is 0 Å². The molecule has 0 spiro atoms. The molecule has 0 nitrogen and oxygen atoms in total. The Morgan fingerprint density at radius 3 is 2.77 bits per heavy atom. The van der Waals surface area contributed by atoms with Gasteiger partial charge in [0.2, 0.25) is 0 Å². The Morgan fingerprint density at radius 1 is 1.23 bits per heavy atom. The van der Waals surface area contributed by atoms with Crippen LogP contribution in [0, 0.1) is 11.3 Å². The van der Waals surface area contributed by atoms with Gasteiger partial charge in [0, 0.05) is 0 Å². The summed E-state index contributed by atoms with van der Waals surface area (Å²) < 4.78 is 0. The summed E-state index contributed by atoms with van der Waals surface area (Å²) in [5.41, 5.74) is 4.19. The van der Waals surface area contributed by atoms with Crippen molar-refractivity contribution in [3.05, 3.63) is 11.1 Å². The summed E-state index contributed by atoms with van der Waals surface area (Å²) in [6.07, 6.45) is 8.49. The van der Waals surface area contributed by atoms with Crippen molar-refractivity contribution in [1.82, 2.24) is 0 Å². The molecule has 0 saturated heterocycles. The Bertz CT molecular complexity index is 232. The fourth-order valence-electron chi connectivity index (χ4n) is 3.09. The quantitative estimate of drug-likeness (QED) is 0.485. The van der Waals surface area contributed by atoms with Crippen LogP contribution in [0.15, 0.2) is 11.1 Å². The predicted molar refractivity (Wildman–Crippen MR) is 57.7 cm³/mol. The number of rotatable bonds is 0. The minimum Gasteiger partial charge on any atom is -0.0704 e. The van der Waals surface area contributed by atoms with Gasteiger partial charge < -0.3 is 0 Å². The highest BCUT2D eigenvalue weighted by atomic mass is 14.4. The van der Waals surface area contributed by atoms with E-state index in [0.29, 0.717) is 5.41 Å². The molecule has 0 aromatic carbocycles. The van der Waals surface area contributed by atoms with E-state index in [1.807, 2.05) is 11.1 Å². The number of allylic oxidation sites excluding steroid dienone is 2. The van der Waals surface area contributed by atoms with Crippen LogP contribution in [0.3, 0.4) is 0 Å². The lowest BCUT2D eigenvalue weighted by atomic mass is 9.66. The van der Waals surface area contributed by atoms with Gasteiger partial charge in [-0.25, -0.2) is 0 Å². The zero-order chi connectivity index (χ0) is 9.47. The van der Waals surface area contributed by atoms with E-state index in [1.165, 1.54) is 38.5 Å². The van der Waals surface area contributed by atoms with E-state index in [1.54, 1.807) is 0 Å². The molecule has 1 unspecified atom stereocenters. The molecule has 0 heterocycles. The molecule has 0 heteroatoms. The van der Waals surface area contributed by atoms with Crippen molar-refractivity contribution in [1.29, 1.82) is 0 Å². The van der Waals surface area contributed by atoms with Gasteiger partial charge in [-0.2, -0.15) is 0 Å². The lowest BCUT2D eigenvalue weighted by Gasteiger charge is -2.39. The Labute approximate surface area is 82.4 Å². The van der Waals surface area contributed by atoms with Crippen LogP contribution < -0.4 is 0 Å². The van der Waals surface area contributed by atoms with Crippen molar-refractivity contribution in [2.45, 2.75) is 59.3 Å². The largest absolute Gasteiger partial charge is 0.0704 e. The Hall–Kier alpha value is -0.260. The maximum Gasteiger partial charge on any atom is -0.0142 e. The average molecular weight is 178 g/mol. The van der Waals surface area contributed by atoms with Crippen LogP contribution in [0.5, 0.6) is 0 Å². The zero-order valence-electron chi connectivity index (χ0n) is 9.32. The molecule has 1 atom stereocenters. The molecule has 0 amide bonds. The van der Waals surface area contributed by atoms with Crippen molar-refractivity contribution < 1.29 is 0 Å². The van der Waals surface area contributed by atoms with E-state index >= 15 is 0 Å². The molecule has 0 aromatic heterocycles. The monoisotopic (exact) mass is 178 g/mol. The highest BCUT2D eigenvalue weighted by Crippen LogP contribution is 2.47. The van der Waals surface area contributed by atoms with Crippen LogP contribution in [0.1, 0.15) is 59.3 Å². The molecule has 13 heavy (non-hydrogen) atoms. The third kappa shape index (κ3) is 1.68. The SMILES string of the molecule is CC1CCC2=C(C1)C(C)(C)CCC2. The van der Waals surface area contributed by atoms with Crippen LogP contribution in [-0.2, 0) is 0 Å². The Balaban J connectivity index is 2.29. The van der Waals surface area contributed by atoms with Crippen molar-refractivity contribution in [2.75, 3.05) is 0 Å². The summed E-state index contributed by atoms with van der Waals surface area (Å²) in [5.74, 6) is 0.941. The highest BCUT2D eigenvalue weighted by molar-refractivity contribution is 5.26. The highest BCUT2D eigenvalue weighted by Gasteiger charge is 2.32. The standard InChI is InChI=1S/C13H22/c1-10-6-7-11-5-4-8-13(2,3)12(11)9-10/h10H,4-9H2,1-3H3. The molecule has 2 rings (SSSR count). The van der Waals surface area contributed by atoms with E-state index in [2.05, 4.69) is 20.8 Å². The van der Waals surface area contributed by atoms with Gasteiger partial charge in [-0.1, -0.05) is 31.9 Å². The molecular weight excluding hydrogens is 156 g/mol. The van der Waals surface area contributed by atoms with Gasteiger partial charge in [0.05, 0.1) is 0 Å². The molecule has 0 bridgehead atoms. The fourth-order valence-corrected chi connectivity index (χ4v) is 3.09. The Kier molecular flexibility index (Phi) is 2.25. The lowest BCUT2D eigenvalue weighted by Crippen LogP contribution is -2.25. The second-order valence-electron chi connectivity index (χ2n) is 5.67. The van der Waals surface area contributed by atoms with E-state index in [0.717, 1.165) is 5.92 Å². The van der Waals surface area contributed by atoms with E-state index in [9.17, 15) is 0 Å². The molecule has 2 aliphatic carbocycles. The molecular formula is C13H22. The number of hydrogen-bond donors (Lipinski definition) is 0. The minimum absolute atomic E-state index is 0.530. The van der Waals surface area contributed by atoms with Crippen LogP contribution in [0.4, 0.5) is 0 Å². The van der Waals surface area contributed by atoms with Crippen molar-refractivity contribution in [3.8, 4) is 0 Å². The molecule has 0 radical (unpaired) electrons. The molecule has 0 saturated carbocycles. The van der Waals surface area contributed by atoms with Crippen LogP contribution in [0.2, 0.25) is 0 Å². The predicted octanol–water partition coefficient (Wildman–Crippen LogP) is 4.31. The van der Waals surface area contributed by atoms with Gasteiger partial charge in [0.25, 0.3) is 0 Å². The van der Waals surface area contributed by atoms with Gasteiger partial charge in [0.15, 0.2) is 0 Å². The summed E-state index contributed by atoms with van der Waals surface area (Å²) in [6.45, 7) is 7.30. The molecule has 2 aliphatic rings. The van der Waals surface area contributed by atoms with Gasteiger partial charge in [-0.05, 0) is 49.9 Å². The van der Waals surface area contributed by atoms with Gasteiger partial charge in [0.1, 0.15) is 0 Å². The third-order valence-electron chi connectivity index (χ3n) is 4.02. The zero-order valence-corrected chi connectivity index (χ0v) is 9.32. The summed E-state index contributed by atoms with van der Waals surface area (Å²) in [5, 5.41) is 0. The molecule has 0 N–H and O–H groups in total. The first-order valence-electron chi connectivity index (χ1n) is 5.81. The van der Waals surface area contributed by atoms with Crippen LogP contribution in [0.25, 0.3) is 0 Å². The first-order chi connectivity index (χ1) is 6.09. The topological polar surface area (TPSA) is 0 Å². The van der Waals surface area contributed by atoms with Crippen molar-refractivity contribution >= 4 is 0 Å². The lowest BCUT2D eigenvalue weighted by molar-refractivity contribution is 0.311. The first-order valence-corrected chi connectivity index (χ1v) is 5.81. The Morgan fingerprint density at radius 2 is 2.00 bits per heavy atom. The summed E-state index contributed by atoms with van der Waals surface area (Å²) >= 11 is 0. The minimum atomic E-state index is 0.530. The van der Waals surface area contributed by atoms with Gasteiger partial charge in [-0.3, -0.25) is 0 Å². The third-order valence-corrected chi connectivity index (χ3v) is 4.02. The molecule has 0 fully saturated rings. The van der Waals surface area contributed by atoms with Crippen molar-refractivity contribution in [3.63, 3.8) is 0 Å². The van der Waals surface area contributed by atoms with E-state index in [-0.39, 0.29) is 0 Å². The average Bonchev–Trinajstić information content (AvgIpc) is 2.06. The van der Waals surface area contributed by atoms with E-state index < -0.39 is 0 Å². The summed E-state index contributed by atoms with van der Waals surface area (Å²) in [4.78, 5) is 0. The summed E-state index contributed by atoms with van der Waals surface area (Å²) in [7, 11) is 0. The maximum atomic E-state index is 2.44. The smallest absolute Gasteiger partial charge is 0.0142 e. The van der Waals surface area contributed by atoms with Crippen LogP contribution >= 0.6 is 0 Å². The second kappa shape index (κ2) is 3.15. The second-order valence-corrected chi connectivity index (χ2v) is 5.67. The first kappa shape index (κ1) is 9.30.